The Balaban J connectivity index is 1.75. The summed E-state index contributed by atoms with van der Waals surface area (Å²) >= 11 is 0.150. The minimum absolute atomic E-state index is 0.149. The fourth-order valence-electron chi connectivity index (χ4n) is 1.57. The van der Waals surface area contributed by atoms with Crippen LogP contribution in [0.4, 0.5) is 0 Å². The molecule has 1 heterocycles. The molecule has 0 aromatic heterocycles. The van der Waals surface area contributed by atoms with E-state index in [-0.39, 0.29) is 38.5 Å². The van der Waals surface area contributed by atoms with Crippen molar-refractivity contribution in [3.05, 3.63) is 35.9 Å². The van der Waals surface area contributed by atoms with Crippen molar-refractivity contribution in [3.63, 3.8) is 0 Å². The van der Waals surface area contributed by atoms with E-state index in [1.807, 2.05) is 6.07 Å². The van der Waals surface area contributed by atoms with Crippen molar-refractivity contribution in [1.82, 2.24) is 0 Å². The van der Waals surface area contributed by atoms with Crippen molar-refractivity contribution >= 4 is 26.9 Å². The Kier molecular flexibility index (Phi) is 4.96. The first-order valence-electron chi connectivity index (χ1n) is 5.81. The standard InChI is InChI=1S/C13H14O5Se/c1-9(14)17-11-8-19-12(18-11)7-16-13(15)10-5-3-2-4-6-10/h2-6,11-12H,7-8H2,1H3. The summed E-state index contributed by atoms with van der Waals surface area (Å²) in [6.07, 6.45) is -0.488. The predicted octanol–water partition coefficient (Wildman–Crippen LogP) is 1.21. The number of carbonyl (C=O) groups is 2. The van der Waals surface area contributed by atoms with Crippen LogP contribution < -0.4 is 0 Å². The first-order chi connectivity index (χ1) is 9.15. The third-order valence-corrected chi connectivity index (χ3v) is 4.65. The molecule has 0 amide bonds. The average Bonchev–Trinajstić information content (AvgIpc) is 2.84. The fourth-order valence-corrected chi connectivity index (χ4v) is 3.43. The molecule has 2 atom stereocenters. The van der Waals surface area contributed by atoms with Crippen molar-refractivity contribution in [2.24, 2.45) is 0 Å². The fraction of sp³-hybridized carbons (Fsp3) is 0.385. The molecule has 102 valence electrons. The van der Waals surface area contributed by atoms with Crippen LogP contribution in [0.15, 0.2) is 30.3 Å². The second-order valence-corrected chi connectivity index (χ2v) is 6.40. The van der Waals surface area contributed by atoms with Crippen LogP contribution in [-0.2, 0) is 19.0 Å². The molecule has 0 bridgehead atoms. The van der Waals surface area contributed by atoms with E-state index in [0.29, 0.717) is 10.9 Å². The third-order valence-electron chi connectivity index (χ3n) is 2.38. The third kappa shape index (κ3) is 4.35. The van der Waals surface area contributed by atoms with Gasteiger partial charge < -0.3 is 0 Å². The van der Waals surface area contributed by atoms with Crippen molar-refractivity contribution in [2.75, 3.05) is 6.61 Å². The van der Waals surface area contributed by atoms with Gasteiger partial charge in [-0.25, -0.2) is 0 Å². The molecular formula is C13H14O5Se. The SMILES string of the molecule is CC(=O)OC1C[Se]C(COC(=O)c2ccccc2)O1. The summed E-state index contributed by atoms with van der Waals surface area (Å²) in [5, 5.41) is 0.546. The zero-order valence-electron chi connectivity index (χ0n) is 10.4. The maximum atomic E-state index is 11.7. The quantitative estimate of drug-likeness (QED) is 0.614. The Morgan fingerprint density at radius 1 is 1.37 bits per heavy atom. The van der Waals surface area contributed by atoms with Crippen molar-refractivity contribution in [1.29, 1.82) is 0 Å². The molecule has 0 saturated carbocycles. The molecule has 0 spiro atoms. The molecule has 6 heteroatoms. The van der Waals surface area contributed by atoms with Crippen LogP contribution in [0.3, 0.4) is 0 Å². The summed E-state index contributed by atoms with van der Waals surface area (Å²) in [6, 6.07) is 8.80. The zero-order valence-corrected chi connectivity index (χ0v) is 12.1. The first-order valence-corrected chi connectivity index (χ1v) is 8.01. The van der Waals surface area contributed by atoms with E-state index in [9.17, 15) is 9.59 Å². The Labute approximate surface area is 117 Å². The van der Waals surface area contributed by atoms with Gasteiger partial charge in [-0.05, 0) is 0 Å². The van der Waals surface area contributed by atoms with Gasteiger partial charge in [0, 0.05) is 0 Å². The van der Waals surface area contributed by atoms with Crippen molar-refractivity contribution in [2.45, 2.75) is 23.5 Å². The van der Waals surface area contributed by atoms with Crippen LogP contribution in [0.25, 0.3) is 0 Å². The maximum absolute atomic E-state index is 11.7. The molecule has 1 aliphatic rings. The summed E-state index contributed by atoms with van der Waals surface area (Å²) in [7, 11) is 0. The van der Waals surface area contributed by atoms with Gasteiger partial charge in [0.15, 0.2) is 0 Å². The molecule has 1 fully saturated rings. The van der Waals surface area contributed by atoms with Gasteiger partial charge in [-0.2, -0.15) is 0 Å². The van der Waals surface area contributed by atoms with Crippen LogP contribution >= 0.6 is 0 Å². The molecule has 2 rings (SSSR count). The second-order valence-electron chi connectivity index (χ2n) is 3.90. The van der Waals surface area contributed by atoms with Crippen LogP contribution in [0.5, 0.6) is 0 Å². The van der Waals surface area contributed by atoms with Gasteiger partial charge in [-0.15, -0.1) is 0 Å². The second kappa shape index (κ2) is 6.70. The molecular weight excluding hydrogens is 315 g/mol. The average molecular weight is 329 g/mol. The predicted molar refractivity (Wildman–Crippen MR) is 67.7 cm³/mol. The number of hydrogen-bond acceptors (Lipinski definition) is 5. The van der Waals surface area contributed by atoms with Crippen LogP contribution in [0.1, 0.15) is 17.3 Å². The number of hydrogen-bond donors (Lipinski definition) is 0. The van der Waals surface area contributed by atoms with E-state index in [1.165, 1.54) is 6.92 Å². The van der Waals surface area contributed by atoms with Gasteiger partial charge in [-0.3, -0.25) is 0 Å². The van der Waals surface area contributed by atoms with Gasteiger partial charge in [0.2, 0.25) is 0 Å². The van der Waals surface area contributed by atoms with Gasteiger partial charge in [0.25, 0.3) is 0 Å². The molecule has 1 saturated heterocycles. The van der Waals surface area contributed by atoms with E-state index < -0.39 is 6.29 Å². The van der Waals surface area contributed by atoms with E-state index in [4.69, 9.17) is 14.2 Å². The van der Waals surface area contributed by atoms with E-state index in [0.717, 1.165) is 0 Å². The Hall–Kier alpha value is -1.36. The van der Waals surface area contributed by atoms with Crippen molar-refractivity contribution in [3.8, 4) is 0 Å². The summed E-state index contributed by atoms with van der Waals surface area (Å²) in [6.45, 7) is 1.55. The summed E-state index contributed by atoms with van der Waals surface area (Å²) in [4.78, 5) is 22.5. The number of esters is 2. The van der Waals surface area contributed by atoms with E-state index >= 15 is 0 Å². The summed E-state index contributed by atoms with van der Waals surface area (Å²) in [5.41, 5.74) is 0.518. The first kappa shape index (κ1) is 14.1. The molecule has 0 N–H and O–H groups in total. The molecule has 0 radical (unpaired) electrons. The Morgan fingerprint density at radius 3 is 2.79 bits per heavy atom. The van der Waals surface area contributed by atoms with E-state index in [2.05, 4.69) is 0 Å². The molecule has 2 unspecified atom stereocenters. The Bertz CT molecular complexity index is 448. The van der Waals surface area contributed by atoms with Gasteiger partial charge in [0.05, 0.1) is 0 Å². The number of rotatable bonds is 4. The molecule has 0 aliphatic carbocycles. The topological polar surface area (TPSA) is 61.8 Å². The summed E-state index contributed by atoms with van der Waals surface area (Å²) in [5.74, 6) is -0.723. The molecule has 1 aliphatic heterocycles. The van der Waals surface area contributed by atoms with Crippen LogP contribution in [0.2, 0.25) is 5.32 Å². The molecule has 5 nitrogen and oxygen atoms in total. The number of carbonyl (C=O) groups excluding carboxylic acids is 2. The van der Waals surface area contributed by atoms with E-state index in [1.54, 1.807) is 24.3 Å². The van der Waals surface area contributed by atoms with Gasteiger partial charge in [-0.1, -0.05) is 0 Å². The van der Waals surface area contributed by atoms with Gasteiger partial charge in [0.1, 0.15) is 0 Å². The van der Waals surface area contributed by atoms with Crippen LogP contribution in [0, 0.1) is 0 Å². The molecule has 19 heavy (non-hydrogen) atoms. The zero-order chi connectivity index (χ0) is 13.7. The van der Waals surface area contributed by atoms with Crippen LogP contribution in [-0.4, -0.2) is 44.8 Å². The van der Waals surface area contributed by atoms with Gasteiger partial charge >= 0.3 is 117 Å². The normalized spacial score (nSPS) is 21.9. The number of benzene rings is 1. The molecule has 1 aromatic rings. The minimum atomic E-state index is -0.488. The molecule has 1 aromatic carbocycles. The van der Waals surface area contributed by atoms with Crippen molar-refractivity contribution < 1.29 is 23.8 Å². The Morgan fingerprint density at radius 2 is 2.11 bits per heavy atom. The monoisotopic (exact) mass is 330 g/mol. The number of ether oxygens (including phenoxy) is 3. The summed E-state index contributed by atoms with van der Waals surface area (Å²) < 4.78 is 15.6.